The average Bonchev–Trinajstić information content (AvgIpc) is 3.51. The maximum atomic E-state index is 14.2. The number of nitrogens with zero attached hydrogens (tertiary/aromatic N) is 2. The molecule has 2 atom stereocenters. The summed E-state index contributed by atoms with van der Waals surface area (Å²) in [5.41, 5.74) is 4.60. The van der Waals surface area contributed by atoms with E-state index in [0.717, 1.165) is 54.4 Å². The summed E-state index contributed by atoms with van der Waals surface area (Å²) in [6, 6.07) is 24.5. The number of amides is 4. The van der Waals surface area contributed by atoms with Gasteiger partial charge in [0.1, 0.15) is 42.0 Å². The van der Waals surface area contributed by atoms with E-state index in [4.69, 9.17) is 9.47 Å². The van der Waals surface area contributed by atoms with Crippen molar-refractivity contribution in [1.29, 1.82) is 10.5 Å². The number of carbonyl (C=O) groups excluding carboxylic acids is 4. The lowest BCUT2D eigenvalue weighted by Crippen LogP contribution is -2.53. The third kappa shape index (κ3) is 12.4. The van der Waals surface area contributed by atoms with E-state index in [-0.39, 0.29) is 30.4 Å². The fourth-order valence-corrected chi connectivity index (χ4v) is 7.48. The van der Waals surface area contributed by atoms with Gasteiger partial charge in [-0.15, -0.1) is 0 Å². The topological polar surface area (TPSA) is 182 Å². The van der Waals surface area contributed by atoms with Crippen LogP contribution >= 0.6 is 0 Å². The zero-order valence-corrected chi connectivity index (χ0v) is 32.9. The Morgan fingerprint density at radius 3 is 2.12 bits per heavy atom. The van der Waals surface area contributed by atoms with Crippen LogP contribution in [0.15, 0.2) is 78.4 Å². The molecule has 12 heteroatoms. The number of alkyl carbamates (subject to hydrolysis) is 2. The van der Waals surface area contributed by atoms with Crippen LogP contribution in [0.25, 0.3) is 17.2 Å². The van der Waals surface area contributed by atoms with Gasteiger partial charge in [0.25, 0.3) is 0 Å². The van der Waals surface area contributed by atoms with E-state index >= 15 is 0 Å². The second-order valence-corrected chi connectivity index (χ2v) is 15.6. The van der Waals surface area contributed by atoms with Gasteiger partial charge in [0.15, 0.2) is 0 Å². The van der Waals surface area contributed by atoms with Gasteiger partial charge in [-0.25, -0.2) is 9.59 Å². The maximum Gasteiger partial charge on any atom is 0.407 e. The summed E-state index contributed by atoms with van der Waals surface area (Å²) in [5.74, 6) is -0.905. The maximum absolute atomic E-state index is 14.2. The normalized spacial score (nSPS) is 14.6. The molecule has 4 amide bonds. The molecule has 1 fully saturated rings. The Morgan fingerprint density at radius 2 is 1.47 bits per heavy atom. The van der Waals surface area contributed by atoms with E-state index in [9.17, 15) is 29.7 Å². The summed E-state index contributed by atoms with van der Waals surface area (Å²) in [6.45, 7) is 5.74. The first-order chi connectivity index (χ1) is 27.4. The van der Waals surface area contributed by atoms with Crippen LogP contribution in [0.1, 0.15) is 101 Å². The van der Waals surface area contributed by atoms with Crippen LogP contribution in [0.4, 0.5) is 15.3 Å². The Kier molecular flexibility index (Phi) is 14.9. The van der Waals surface area contributed by atoms with Crippen molar-refractivity contribution >= 4 is 35.8 Å². The molecular weight excluding hydrogens is 721 g/mol. The quantitative estimate of drug-likeness (QED) is 0.0882. The summed E-state index contributed by atoms with van der Waals surface area (Å²) in [5, 5.41) is 29.7. The second kappa shape index (κ2) is 20.1. The summed E-state index contributed by atoms with van der Waals surface area (Å²) in [6.07, 6.45) is 6.88. The van der Waals surface area contributed by atoms with Crippen molar-refractivity contribution in [2.45, 2.75) is 102 Å². The van der Waals surface area contributed by atoms with Gasteiger partial charge in [0.2, 0.25) is 11.8 Å². The molecule has 5 rings (SSSR count). The number of unbranched alkanes of at least 4 members (excludes halogenated alkanes) is 1. The highest BCUT2D eigenvalue weighted by atomic mass is 16.6. The van der Waals surface area contributed by atoms with Gasteiger partial charge in [0.05, 0.1) is 0 Å². The molecule has 0 spiro atoms. The van der Waals surface area contributed by atoms with Crippen molar-refractivity contribution in [2.75, 3.05) is 18.5 Å². The van der Waals surface area contributed by atoms with Gasteiger partial charge in [-0.2, -0.15) is 10.5 Å². The Labute approximate surface area is 335 Å². The first-order valence-electron chi connectivity index (χ1n) is 19.8. The number of fused-ring (bicyclic) bond motifs is 3. The Hall–Kier alpha value is -6.14. The predicted molar refractivity (Wildman–Crippen MR) is 217 cm³/mol. The van der Waals surface area contributed by atoms with Crippen LogP contribution in [0.3, 0.4) is 0 Å². The van der Waals surface area contributed by atoms with Crippen molar-refractivity contribution in [1.82, 2.24) is 16.0 Å². The highest BCUT2D eigenvalue weighted by molar-refractivity contribution is 5.98. The number of anilines is 1. The zero-order chi connectivity index (χ0) is 40.8. The predicted octanol–water partition coefficient (Wildman–Crippen LogP) is 8.11. The minimum Gasteiger partial charge on any atom is -0.449 e. The molecular formula is C45H52N6O6. The molecule has 0 aromatic heterocycles. The first kappa shape index (κ1) is 42.0. The summed E-state index contributed by atoms with van der Waals surface area (Å²) in [4.78, 5) is 53.7. The number of allylic oxidation sites excluding steroid dienone is 1. The molecule has 0 bridgehead atoms. The lowest BCUT2D eigenvalue weighted by atomic mass is 9.84. The highest BCUT2D eigenvalue weighted by Gasteiger charge is 2.32. The lowest BCUT2D eigenvalue weighted by Gasteiger charge is -2.28. The number of rotatable bonds is 15. The smallest absolute Gasteiger partial charge is 0.407 e. The molecule has 2 unspecified atom stereocenters. The summed E-state index contributed by atoms with van der Waals surface area (Å²) < 4.78 is 11.2. The molecule has 3 aromatic carbocycles. The molecule has 0 saturated heterocycles. The Balaban J connectivity index is 1.28. The van der Waals surface area contributed by atoms with Crippen LogP contribution in [0.2, 0.25) is 0 Å². The molecule has 2 aliphatic carbocycles. The third-order valence-corrected chi connectivity index (χ3v) is 10.2. The first-order valence-corrected chi connectivity index (χ1v) is 19.8. The van der Waals surface area contributed by atoms with Crippen molar-refractivity contribution < 1.29 is 28.7 Å². The molecule has 3 aromatic rings. The third-order valence-electron chi connectivity index (χ3n) is 10.2. The molecule has 12 nitrogen and oxygen atoms in total. The number of nitrogens with one attached hydrogen (secondary N) is 4. The number of nitriles is 2. The monoisotopic (exact) mass is 772 g/mol. The molecule has 57 heavy (non-hydrogen) atoms. The van der Waals surface area contributed by atoms with E-state index < -0.39 is 41.7 Å². The van der Waals surface area contributed by atoms with E-state index in [0.29, 0.717) is 37.1 Å². The fraction of sp³-hybridized carbons (Fsp3) is 0.422. The van der Waals surface area contributed by atoms with E-state index in [2.05, 4.69) is 33.4 Å². The minimum absolute atomic E-state index is 0.0866. The number of hydrogen-bond acceptors (Lipinski definition) is 8. The zero-order valence-electron chi connectivity index (χ0n) is 32.9. The lowest BCUT2D eigenvalue weighted by molar-refractivity contribution is -0.128. The standard InChI is InChI=1S/C45H52N6O6/c1-45(2,3)57-43(54)48-23-12-11-22-39(41(52)49-33-17-13-16-31(25-33)24-32(27-46)28-47)50-42(53)40(26-30-14-5-4-6-15-30)51-44(55)56-29-38-36-20-9-7-18-34(36)35-19-8-10-21-37(35)38/h7-10,13,16-21,24-25,30,38-40H,4-6,11-12,14-15,22-23,26,29H2,1-3H3,(H,48,54)(H,49,52)(H,50,53)(H,51,55). The average molecular weight is 773 g/mol. The molecule has 0 heterocycles. The van der Waals surface area contributed by atoms with Crippen LogP contribution in [0.5, 0.6) is 0 Å². The van der Waals surface area contributed by atoms with Gasteiger partial charge in [0, 0.05) is 18.2 Å². The van der Waals surface area contributed by atoms with Crippen LogP contribution < -0.4 is 21.3 Å². The van der Waals surface area contributed by atoms with Crippen LogP contribution in [-0.2, 0) is 19.1 Å². The van der Waals surface area contributed by atoms with Crippen LogP contribution in [0, 0.1) is 28.6 Å². The Bertz CT molecular complexity index is 1960. The van der Waals surface area contributed by atoms with Gasteiger partial charge in [-0.05, 0) is 98.4 Å². The minimum atomic E-state index is -0.995. The molecule has 0 aliphatic heterocycles. The Morgan fingerprint density at radius 1 is 0.807 bits per heavy atom. The summed E-state index contributed by atoms with van der Waals surface area (Å²) in [7, 11) is 0. The van der Waals surface area contributed by atoms with Crippen LogP contribution in [-0.4, -0.2) is 54.8 Å². The largest absolute Gasteiger partial charge is 0.449 e. The molecule has 2 aliphatic rings. The number of benzene rings is 3. The number of hydrogen-bond donors (Lipinski definition) is 4. The summed E-state index contributed by atoms with van der Waals surface area (Å²) >= 11 is 0. The van der Waals surface area contributed by atoms with Gasteiger partial charge >= 0.3 is 12.2 Å². The SMILES string of the molecule is CC(C)(C)OC(=O)NCCCCC(NC(=O)C(CC1CCCCC1)NC(=O)OCC1c2ccccc2-c2ccccc21)C(=O)Nc1cccc(C=C(C#N)C#N)c1. The van der Waals surface area contributed by atoms with Crippen molar-refractivity contribution in [3.63, 3.8) is 0 Å². The number of carbonyl (C=O) groups is 4. The molecule has 4 N–H and O–H groups in total. The fourth-order valence-electron chi connectivity index (χ4n) is 7.48. The van der Waals surface area contributed by atoms with Crippen molar-refractivity contribution in [3.8, 4) is 23.3 Å². The van der Waals surface area contributed by atoms with Crippen molar-refractivity contribution in [2.24, 2.45) is 5.92 Å². The molecule has 298 valence electrons. The van der Waals surface area contributed by atoms with Gasteiger partial charge in [-0.1, -0.05) is 92.8 Å². The van der Waals surface area contributed by atoms with Gasteiger partial charge < -0.3 is 30.7 Å². The van der Waals surface area contributed by atoms with Gasteiger partial charge in [-0.3, -0.25) is 9.59 Å². The second-order valence-electron chi connectivity index (χ2n) is 15.6. The van der Waals surface area contributed by atoms with E-state index in [1.807, 2.05) is 48.5 Å². The van der Waals surface area contributed by atoms with Crippen molar-refractivity contribution in [3.05, 3.63) is 95.1 Å². The molecule has 1 saturated carbocycles. The molecule has 0 radical (unpaired) electrons. The highest BCUT2D eigenvalue weighted by Crippen LogP contribution is 2.44. The van der Waals surface area contributed by atoms with E-state index in [1.165, 1.54) is 6.08 Å². The number of ether oxygens (including phenoxy) is 2. The van der Waals surface area contributed by atoms with E-state index in [1.54, 1.807) is 45.0 Å².